The van der Waals surface area contributed by atoms with Gasteiger partial charge in [0.05, 0.1) is 6.54 Å². The maximum absolute atomic E-state index is 12.8. The maximum Gasteiger partial charge on any atom is 0.401 e. The summed E-state index contributed by atoms with van der Waals surface area (Å²) in [7, 11) is 4.04. The molecule has 0 saturated heterocycles. The van der Waals surface area contributed by atoms with Gasteiger partial charge in [0.25, 0.3) is 0 Å². The van der Waals surface area contributed by atoms with Gasteiger partial charge in [-0.25, -0.2) is 0 Å². The lowest BCUT2D eigenvalue weighted by Gasteiger charge is -2.38. The molecule has 0 fully saturated rings. The van der Waals surface area contributed by atoms with Gasteiger partial charge in [0, 0.05) is 19.1 Å². The van der Waals surface area contributed by atoms with Gasteiger partial charge in [-0.05, 0) is 43.6 Å². The molecule has 2 rings (SSSR count). The Labute approximate surface area is 130 Å². The first-order valence-electron chi connectivity index (χ1n) is 7.87. The van der Waals surface area contributed by atoms with E-state index in [-0.39, 0.29) is 6.04 Å². The second-order valence-corrected chi connectivity index (χ2v) is 6.41. The molecule has 0 aliphatic carbocycles. The highest BCUT2D eigenvalue weighted by Crippen LogP contribution is 2.35. The van der Waals surface area contributed by atoms with E-state index in [9.17, 15) is 13.2 Å². The van der Waals surface area contributed by atoms with Crippen molar-refractivity contribution in [1.29, 1.82) is 0 Å². The summed E-state index contributed by atoms with van der Waals surface area (Å²) < 4.78 is 38.4. The Morgan fingerprint density at radius 1 is 1.27 bits per heavy atom. The number of hydrogen-bond donors (Lipinski definition) is 0. The highest BCUT2D eigenvalue weighted by Gasteiger charge is 2.36. The fraction of sp³-hybridized carbons (Fsp3) is 0.647. The zero-order valence-corrected chi connectivity index (χ0v) is 13.6. The maximum atomic E-state index is 12.8. The van der Waals surface area contributed by atoms with Gasteiger partial charge in [-0.15, -0.1) is 0 Å². The third-order valence-electron chi connectivity index (χ3n) is 4.12. The monoisotopic (exact) mass is 314 g/mol. The van der Waals surface area contributed by atoms with Crippen molar-refractivity contribution in [2.24, 2.45) is 0 Å². The number of rotatable bonds is 5. The van der Waals surface area contributed by atoms with Crippen LogP contribution in [-0.2, 0) is 13.0 Å². The van der Waals surface area contributed by atoms with Crippen molar-refractivity contribution in [2.45, 2.75) is 44.9 Å². The first kappa shape index (κ1) is 17.3. The Kier molecular flexibility index (Phi) is 5.50. The molecule has 0 N–H and O–H groups in total. The first-order chi connectivity index (χ1) is 10.3. The van der Waals surface area contributed by atoms with Crippen LogP contribution in [0.3, 0.4) is 0 Å². The van der Waals surface area contributed by atoms with Crippen molar-refractivity contribution >= 4 is 0 Å². The highest BCUT2D eigenvalue weighted by molar-refractivity contribution is 5.36. The summed E-state index contributed by atoms with van der Waals surface area (Å²) in [6.07, 6.45) is -1.77. The number of hydrogen-bond acceptors (Lipinski definition) is 2. The number of nitrogens with zero attached hydrogens (tertiary/aromatic N) is 2. The zero-order chi connectivity index (χ0) is 16.3. The average Bonchev–Trinajstić information content (AvgIpc) is 2.39. The first-order valence-corrected chi connectivity index (χ1v) is 7.87. The van der Waals surface area contributed by atoms with Gasteiger partial charge >= 0.3 is 6.18 Å². The third-order valence-corrected chi connectivity index (χ3v) is 4.12. The van der Waals surface area contributed by atoms with Crippen LogP contribution in [0.2, 0.25) is 0 Å². The SMILES string of the molecule is CCCC1c2ccc(CN(C)C)cc2CCN1CC(F)(F)F. The van der Waals surface area contributed by atoms with Crippen LogP contribution in [0.25, 0.3) is 0 Å². The standard InChI is InChI=1S/C17H25F3N2/c1-4-5-16-15-7-6-13(11-21(2)3)10-14(15)8-9-22(16)12-17(18,19)20/h6-7,10,16H,4-5,8-9,11-12H2,1-3H3. The number of fused-ring (bicyclic) bond motifs is 1. The van der Waals surface area contributed by atoms with Crippen molar-refractivity contribution in [3.8, 4) is 0 Å². The van der Waals surface area contributed by atoms with E-state index in [2.05, 4.69) is 17.0 Å². The second kappa shape index (κ2) is 7.01. The Hall–Kier alpha value is -1.07. The van der Waals surface area contributed by atoms with Crippen molar-refractivity contribution in [1.82, 2.24) is 9.80 Å². The molecular formula is C17H25F3N2. The summed E-state index contributed by atoms with van der Waals surface area (Å²) in [5.74, 6) is 0. The van der Waals surface area contributed by atoms with Crippen molar-refractivity contribution in [3.63, 3.8) is 0 Å². The fourth-order valence-electron chi connectivity index (χ4n) is 3.31. The molecule has 0 saturated carbocycles. The van der Waals surface area contributed by atoms with Crippen LogP contribution in [0.15, 0.2) is 18.2 Å². The normalized spacial score (nSPS) is 19.5. The molecule has 1 aliphatic rings. The van der Waals surface area contributed by atoms with E-state index in [1.165, 1.54) is 11.1 Å². The molecule has 2 nitrogen and oxygen atoms in total. The minimum absolute atomic E-state index is 0.108. The molecule has 0 amide bonds. The predicted octanol–water partition coefficient (Wildman–Crippen LogP) is 4.01. The summed E-state index contributed by atoms with van der Waals surface area (Å²) in [5, 5.41) is 0. The lowest BCUT2D eigenvalue weighted by atomic mass is 9.88. The summed E-state index contributed by atoms with van der Waals surface area (Å²) in [6, 6.07) is 6.15. The fourth-order valence-corrected chi connectivity index (χ4v) is 3.31. The summed E-state index contributed by atoms with van der Waals surface area (Å²) in [5.41, 5.74) is 3.53. The number of alkyl halides is 3. The van der Waals surface area contributed by atoms with Crippen LogP contribution in [0.1, 0.15) is 42.5 Å². The molecule has 1 unspecified atom stereocenters. The van der Waals surface area contributed by atoms with Gasteiger partial charge in [0.15, 0.2) is 0 Å². The smallest absolute Gasteiger partial charge is 0.305 e. The van der Waals surface area contributed by atoms with Crippen LogP contribution >= 0.6 is 0 Å². The number of benzene rings is 1. The van der Waals surface area contributed by atoms with E-state index in [0.717, 1.165) is 24.9 Å². The van der Waals surface area contributed by atoms with E-state index in [4.69, 9.17) is 0 Å². The molecule has 1 atom stereocenters. The van der Waals surface area contributed by atoms with Crippen LogP contribution < -0.4 is 0 Å². The van der Waals surface area contributed by atoms with Crippen LogP contribution in [0, 0.1) is 0 Å². The summed E-state index contributed by atoms with van der Waals surface area (Å²) in [6.45, 7) is 2.57. The minimum atomic E-state index is -4.13. The summed E-state index contributed by atoms with van der Waals surface area (Å²) in [4.78, 5) is 3.70. The van der Waals surface area contributed by atoms with E-state index >= 15 is 0 Å². The molecule has 1 aromatic rings. The van der Waals surface area contributed by atoms with E-state index < -0.39 is 12.7 Å². The third kappa shape index (κ3) is 4.46. The van der Waals surface area contributed by atoms with Gasteiger partial charge in [-0.2, -0.15) is 13.2 Å². The molecule has 1 heterocycles. The lowest BCUT2D eigenvalue weighted by molar-refractivity contribution is -0.152. The molecule has 0 aromatic heterocycles. The molecule has 1 aromatic carbocycles. The van der Waals surface area contributed by atoms with Crippen molar-refractivity contribution in [3.05, 3.63) is 34.9 Å². The Morgan fingerprint density at radius 3 is 2.59 bits per heavy atom. The molecule has 1 aliphatic heterocycles. The zero-order valence-electron chi connectivity index (χ0n) is 13.6. The topological polar surface area (TPSA) is 6.48 Å². The average molecular weight is 314 g/mol. The van der Waals surface area contributed by atoms with Crippen LogP contribution in [0.5, 0.6) is 0 Å². The van der Waals surface area contributed by atoms with E-state index in [1.54, 1.807) is 4.90 Å². The van der Waals surface area contributed by atoms with Crippen LogP contribution in [0.4, 0.5) is 13.2 Å². The van der Waals surface area contributed by atoms with E-state index in [1.807, 2.05) is 27.1 Å². The Morgan fingerprint density at radius 2 is 2.00 bits per heavy atom. The highest BCUT2D eigenvalue weighted by atomic mass is 19.4. The molecule has 0 spiro atoms. The van der Waals surface area contributed by atoms with Crippen LogP contribution in [-0.4, -0.2) is 43.2 Å². The minimum Gasteiger partial charge on any atom is -0.305 e. The van der Waals surface area contributed by atoms with Gasteiger partial charge < -0.3 is 4.90 Å². The second-order valence-electron chi connectivity index (χ2n) is 6.41. The lowest BCUT2D eigenvalue weighted by Crippen LogP contribution is -2.41. The molecule has 0 radical (unpaired) electrons. The van der Waals surface area contributed by atoms with Gasteiger partial charge in [0.1, 0.15) is 0 Å². The Bertz CT molecular complexity index is 497. The van der Waals surface area contributed by atoms with E-state index in [0.29, 0.717) is 13.0 Å². The quantitative estimate of drug-likeness (QED) is 0.810. The molecule has 124 valence electrons. The van der Waals surface area contributed by atoms with Crippen molar-refractivity contribution < 1.29 is 13.2 Å². The van der Waals surface area contributed by atoms with Gasteiger partial charge in [-0.1, -0.05) is 31.5 Å². The van der Waals surface area contributed by atoms with Gasteiger partial charge in [-0.3, -0.25) is 4.90 Å². The van der Waals surface area contributed by atoms with Gasteiger partial charge in [0.2, 0.25) is 0 Å². The predicted molar refractivity (Wildman–Crippen MR) is 82.8 cm³/mol. The largest absolute Gasteiger partial charge is 0.401 e. The Balaban J connectivity index is 2.24. The number of halogens is 3. The molecule has 22 heavy (non-hydrogen) atoms. The molecule has 0 bridgehead atoms. The molecule has 5 heteroatoms. The van der Waals surface area contributed by atoms with Crippen molar-refractivity contribution in [2.75, 3.05) is 27.2 Å². The molecular weight excluding hydrogens is 289 g/mol. The summed E-state index contributed by atoms with van der Waals surface area (Å²) >= 11 is 0.